The number of nitrogens with two attached hydrogens (primary N) is 1. The first-order valence-corrected chi connectivity index (χ1v) is 10.4. The number of aromatic amines is 1. The van der Waals surface area contributed by atoms with Gasteiger partial charge in [-0.05, 0) is 57.1 Å². The van der Waals surface area contributed by atoms with Crippen molar-refractivity contribution in [2.75, 3.05) is 20.6 Å². The molecule has 0 fully saturated rings. The molecule has 0 bridgehead atoms. The van der Waals surface area contributed by atoms with Crippen molar-refractivity contribution in [1.82, 2.24) is 19.8 Å². The highest BCUT2D eigenvalue weighted by molar-refractivity contribution is 5.96. The Hall–Kier alpha value is -3.59. The molecule has 0 aliphatic carbocycles. The summed E-state index contributed by atoms with van der Waals surface area (Å²) in [5.41, 5.74) is 10.1. The van der Waals surface area contributed by atoms with Crippen LogP contribution in [0.15, 0.2) is 47.6 Å². The van der Waals surface area contributed by atoms with Crippen molar-refractivity contribution in [2.45, 2.75) is 32.4 Å². The molecule has 9 heteroatoms. The Balaban J connectivity index is 1.66. The van der Waals surface area contributed by atoms with Gasteiger partial charge in [0.1, 0.15) is 5.82 Å². The first-order chi connectivity index (χ1) is 15.3. The van der Waals surface area contributed by atoms with E-state index in [1.807, 2.05) is 63.5 Å². The zero-order chi connectivity index (χ0) is 23.3. The predicted molar refractivity (Wildman–Crippen MR) is 124 cm³/mol. The van der Waals surface area contributed by atoms with Crippen LogP contribution in [-0.2, 0) is 13.0 Å². The van der Waals surface area contributed by atoms with Gasteiger partial charge in [-0.2, -0.15) is 0 Å². The molecule has 0 aliphatic heterocycles. The van der Waals surface area contributed by atoms with Crippen LogP contribution in [0, 0.1) is 6.92 Å². The number of nitrogens with zero attached hydrogens (tertiary/aromatic N) is 4. The number of carboxylic acid groups (broad SMARTS) is 1. The maximum Gasteiger partial charge on any atom is 0.407 e. The van der Waals surface area contributed by atoms with Gasteiger partial charge < -0.3 is 30.8 Å². The van der Waals surface area contributed by atoms with Crippen LogP contribution in [0.2, 0.25) is 0 Å². The molecule has 3 aromatic rings. The van der Waals surface area contributed by atoms with E-state index in [-0.39, 0.29) is 11.9 Å². The lowest BCUT2D eigenvalue weighted by Crippen LogP contribution is -2.42. The van der Waals surface area contributed by atoms with Crippen molar-refractivity contribution in [3.8, 4) is 0 Å². The Bertz CT molecular complexity index is 1090. The van der Waals surface area contributed by atoms with Crippen LogP contribution >= 0.6 is 0 Å². The summed E-state index contributed by atoms with van der Waals surface area (Å²) in [5, 5.41) is 21.6. The fourth-order valence-electron chi connectivity index (χ4n) is 3.71. The van der Waals surface area contributed by atoms with Crippen LogP contribution in [0.25, 0.3) is 11.0 Å². The highest BCUT2D eigenvalue weighted by atomic mass is 16.4. The number of rotatable bonds is 9. The van der Waals surface area contributed by atoms with Gasteiger partial charge in [-0.3, -0.25) is 0 Å². The summed E-state index contributed by atoms with van der Waals surface area (Å²) in [6, 6.07) is 13.4. The lowest BCUT2D eigenvalue weighted by atomic mass is 10.0. The summed E-state index contributed by atoms with van der Waals surface area (Å²) in [5.74, 6) is 0.905. The number of nitrogens with one attached hydrogen (secondary N) is 1. The summed E-state index contributed by atoms with van der Waals surface area (Å²) in [4.78, 5) is 23.1. The van der Waals surface area contributed by atoms with E-state index in [0.717, 1.165) is 40.8 Å². The average Bonchev–Trinajstić information content (AvgIpc) is 3.14. The molecular weight excluding hydrogens is 408 g/mol. The molecule has 1 unspecified atom stereocenters. The van der Waals surface area contributed by atoms with Crippen LogP contribution < -0.4 is 5.73 Å². The summed E-state index contributed by atoms with van der Waals surface area (Å²) < 4.78 is 0. The van der Waals surface area contributed by atoms with Gasteiger partial charge in [0.15, 0.2) is 5.84 Å². The number of H-pyrrole nitrogens is 1. The molecular formula is C23H30N6O3. The number of imidazole rings is 1. The monoisotopic (exact) mass is 438 g/mol. The number of hydrogen-bond donors (Lipinski definition) is 4. The number of amides is 1. The third-order valence-corrected chi connectivity index (χ3v) is 5.59. The number of aryl methyl sites for hydroxylation is 2. The van der Waals surface area contributed by atoms with Gasteiger partial charge in [-0.25, -0.2) is 9.78 Å². The predicted octanol–water partition coefficient (Wildman–Crippen LogP) is 3.01. The topological polar surface area (TPSA) is 131 Å². The lowest BCUT2D eigenvalue weighted by molar-refractivity contribution is 0.122. The van der Waals surface area contributed by atoms with Gasteiger partial charge in [0.05, 0.1) is 11.0 Å². The molecule has 0 radical (unpaired) electrons. The maximum absolute atomic E-state index is 12.0. The fraction of sp³-hybridized carbons (Fsp3) is 0.348. The van der Waals surface area contributed by atoms with Gasteiger partial charge in [-0.1, -0.05) is 35.5 Å². The number of likely N-dealkylation sites (N-methyl/N-ethyl adjacent to an activating group) is 1. The smallest absolute Gasteiger partial charge is 0.407 e. The summed E-state index contributed by atoms with van der Waals surface area (Å²) in [6.45, 7) is 2.59. The van der Waals surface area contributed by atoms with Crippen LogP contribution in [0.5, 0.6) is 0 Å². The largest absolute Gasteiger partial charge is 0.465 e. The lowest BCUT2D eigenvalue weighted by Gasteiger charge is -2.30. The quantitative estimate of drug-likeness (QED) is 0.176. The summed E-state index contributed by atoms with van der Waals surface area (Å²) in [7, 11) is 3.93. The van der Waals surface area contributed by atoms with Gasteiger partial charge >= 0.3 is 6.09 Å². The highest BCUT2D eigenvalue weighted by Gasteiger charge is 2.21. The van der Waals surface area contributed by atoms with Crippen molar-refractivity contribution in [3.63, 3.8) is 0 Å². The van der Waals surface area contributed by atoms with Crippen molar-refractivity contribution in [1.29, 1.82) is 0 Å². The molecule has 32 heavy (non-hydrogen) atoms. The standard InChI is InChI=1S/C23H30N6O3/c1-15-25-20-11-7-17(12-21(20)26-15)13-29(23(30)31)14-19(28(2)3)10-6-16-4-8-18(9-5-16)22(24)27-32/h4-5,7-9,11-12,19,32H,6,10,13-14H2,1-3H3,(H2,24,27)(H,25,26)(H,30,31). The molecule has 0 saturated carbocycles. The Morgan fingerprint density at radius 2 is 1.88 bits per heavy atom. The third kappa shape index (κ3) is 5.76. The Morgan fingerprint density at radius 1 is 1.19 bits per heavy atom. The molecule has 1 aromatic heterocycles. The molecule has 9 nitrogen and oxygen atoms in total. The van der Waals surface area contributed by atoms with Gasteiger partial charge in [0.25, 0.3) is 0 Å². The molecule has 3 rings (SSSR count). The van der Waals surface area contributed by atoms with E-state index < -0.39 is 6.09 Å². The van der Waals surface area contributed by atoms with Crippen LogP contribution in [0.3, 0.4) is 0 Å². The van der Waals surface area contributed by atoms with E-state index in [4.69, 9.17) is 10.9 Å². The van der Waals surface area contributed by atoms with Crippen molar-refractivity contribution in [3.05, 3.63) is 65.0 Å². The third-order valence-electron chi connectivity index (χ3n) is 5.59. The first-order valence-electron chi connectivity index (χ1n) is 10.4. The molecule has 0 saturated heterocycles. The van der Waals surface area contributed by atoms with Gasteiger partial charge in [0.2, 0.25) is 0 Å². The second kappa shape index (κ2) is 10.1. The Kier molecular flexibility index (Phi) is 7.32. The molecule has 170 valence electrons. The number of aromatic nitrogens is 2. The fourth-order valence-corrected chi connectivity index (χ4v) is 3.71. The number of benzene rings is 2. The highest BCUT2D eigenvalue weighted by Crippen LogP contribution is 2.17. The first kappa shape index (κ1) is 23.1. The second-order valence-electron chi connectivity index (χ2n) is 8.18. The van der Waals surface area contributed by atoms with Crippen LogP contribution in [0.4, 0.5) is 4.79 Å². The average molecular weight is 439 g/mol. The van der Waals surface area contributed by atoms with E-state index in [2.05, 4.69) is 20.0 Å². The normalized spacial score (nSPS) is 12.9. The number of carbonyl (C=O) groups is 1. The molecule has 1 amide bonds. The van der Waals surface area contributed by atoms with E-state index in [1.54, 1.807) is 0 Å². The molecule has 1 heterocycles. The molecule has 0 aliphatic rings. The zero-order valence-electron chi connectivity index (χ0n) is 18.6. The van der Waals surface area contributed by atoms with E-state index in [1.165, 1.54) is 4.90 Å². The molecule has 1 atom stereocenters. The van der Waals surface area contributed by atoms with Crippen molar-refractivity contribution in [2.24, 2.45) is 10.9 Å². The minimum atomic E-state index is -0.946. The number of oxime groups is 1. The van der Waals surface area contributed by atoms with Crippen molar-refractivity contribution < 1.29 is 15.1 Å². The Morgan fingerprint density at radius 3 is 2.50 bits per heavy atom. The van der Waals surface area contributed by atoms with E-state index in [9.17, 15) is 9.90 Å². The number of hydrogen-bond acceptors (Lipinski definition) is 5. The maximum atomic E-state index is 12.0. The summed E-state index contributed by atoms with van der Waals surface area (Å²) >= 11 is 0. The van der Waals surface area contributed by atoms with Crippen LogP contribution in [0.1, 0.15) is 28.9 Å². The minimum absolute atomic E-state index is 0.0474. The second-order valence-corrected chi connectivity index (χ2v) is 8.18. The molecule has 5 N–H and O–H groups in total. The van der Waals surface area contributed by atoms with Gasteiger partial charge in [0, 0.05) is 24.7 Å². The van der Waals surface area contributed by atoms with Gasteiger partial charge in [-0.15, -0.1) is 0 Å². The summed E-state index contributed by atoms with van der Waals surface area (Å²) in [6.07, 6.45) is 0.626. The van der Waals surface area contributed by atoms with E-state index in [0.29, 0.717) is 18.7 Å². The SMILES string of the molecule is Cc1nc2cc(CN(CC(CCc3ccc(C(N)=NO)cc3)N(C)C)C(=O)O)ccc2[nH]1. The van der Waals surface area contributed by atoms with E-state index >= 15 is 0 Å². The Labute approximate surface area is 187 Å². The van der Waals surface area contributed by atoms with Crippen molar-refractivity contribution >= 4 is 23.0 Å². The molecule has 2 aromatic carbocycles. The number of fused-ring (bicyclic) bond motifs is 1. The zero-order valence-corrected chi connectivity index (χ0v) is 18.6. The number of amidine groups is 1. The minimum Gasteiger partial charge on any atom is -0.465 e. The molecule has 0 spiro atoms. The van der Waals surface area contributed by atoms with Crippen LogP contribution in [-0.4, -0.2) is 68.7 Å².